The molecule has 0 aliphatic carbocycles. The first kappa shape index (κ1) is 16.1. The molecule has 0 aromatic heterocycles. The highest BCUT2D eigenvalue weighted by Crippen LogP contribution is 2.35. The summed E-state index contributed by atoms with van der Waals surface area (Å²) in [6, 6.07) is 13.4. The predicted molar refractivity (Wildman–Crippen MR) is 89.0 cm³/mol. The van der Waals surface area contributed by atoms with Gasteiger partial charge >= 0.3 is 0 Å². The molecule has 1 aliphatic rings. The number of aliphatic imine (C=N–C) groups is 1. The molecule has 2 aromatic carbocycles. The Labute approximate surface area is 139 Å². The van der Waals surface area contributed by atoms with Crippen LogP contribution in [0.15, 0.2) is 53.5 Å². The molecule has 124 valence electrons. The van der Waals surface area contributed by atoms with Crippen LogP contribution in [0.2, 0.25) is 0 Å². The van der Waals surface area contributed by atoms with E-state index in [9.17, 15) is 9.18 Å². The standard InChI is InChI=1S/C18H18FN3O2/c1-18(13-9-12(17(21)23)7-8-14(13)19)10-24-15(16(20)22-18)11-5-3-2-4-6-11/h2-9,15H,10H2,1H3,(H2,20,22)(H2,21,23)/t15-,18+/m1/s1. The molecular weight excluding hydrogens is 309 g/mol. The molecule has 3 rings (SSSR count). The van der Waals surface area contributed by atoms with Crippen LogP contribution in [0, 0.1) is 5.82 Å². The average Bonchev–Trinajstić information content (AvgIpc) is 2.55. The molecule has 0 saturated heterocycles. The topological polar surface area (TPSA) is 90.7 Å². The van der Waals surface area contributed by atoms with Crippen LogP contribution in [0.4, 0.5) is 4.39 Å². The maximum atomic E-state index is 14.3. The van der Waals surface area contributed by atoms with Gasteiger partial charge in [0.25, 0.3) is 0 Å². The molecule has 6 heteroatoms. The lowest BCUT2D eigenvalue weighted by Gasteiger charge is -2.34. The van der Waals surface area contributed by atoms with E-state index in [1.165, 1.54) is 18.2 Å². The minimum absolute atomic E-state index is 0.131. The highest BCUT2D eigenvalue weighted by molar-refractivity contribution is 5.93. The summed E-state index contributed by atoms with van der Waals surface area (Å²) in [5, 5.41) is 0. The van der Waals surface area contributed by atoms with Gasteiger partial charge in [-0.05, 0) is 30.7 Å². The third-order valence-electron chi connectivity index (χ3n) is 4.11. The zero-order valence-corrected chi connectivity index (χ0v) is 13.2. The largest absolute Gasteiger partial charge is 0.385 e. The molecule has 5 nitrogen and oxygen atoms in total. The van der Waals surface area contributed by atoms with Gasteiger partial charge in [-0.2, -0.15) is 0 Å². The number of hydrogen-bond acceptors (Lipinski definition) is 4. The van der Waals surface area contributed by atoms with Crippen molar-refractivity contribution in [3.8, 4) is 0 Å². The van der Waals surface area contributed by atoms with Gasteiger partial charge in [-0.25, -0.2) is 4.39 Å². The summed E-state index contributed by atoms with van der Waals surface area (Å²) in [5.41, 5.74) is 11.7. The summed E-state index contributed by atoms with van der Waals surface area (Å²) < 4.78 is 20.2. The molecule has 2 aromatic rings. The van der Waals surface area contributed by atoms with E-state index < -0.39 is 23.4 Å². The van der Waals surface area contributed by atoms with Crippen molar-refractivity contribution in [1.29, 1.82) is 0 Å². The second-order valence-corrected chi connectivity index (χ2v) is 5.97. The second-order valence-electron chi connectivity index (χ2n) is 5.97. The molecule has 0 radical (unpaired) electrons. The molecule has 24 heavy (non-hydrogen) atoms. The van der Waals surface area contributed by atoms with Gasteiger partial charge in [0.15, 0.2) is 0 Å². The number of primary amides is 1. The van der Waals surface area contributed by atoms with E-state index in [-0.39, 0.29) is 23.6 Å². The first-order valence-corrected chi connectivity index (χ1v) is 7.52. The maximum Gasteiger partial charge on any atom is 0.248 e. The van der Waals surface area contributed by atoms with Crippen molar-refractivity contribution in [3.05, 3.63) is 71.0 Å². The van der Waals surface area contributed by atoms with Crippen molar-refractivity contribution in [2.45, 2.75) is 18.6 Å². The number of nitrogens with two attached hydrogens (primary N) is 2. The maximum absolute atomic E-state index is 14.3. The lowest BCUT2D eigenvalue weighted by molar-refractivity contribution is 0.0436. The van der Waals surface area contributed by atoms with Crippen molar-refractivity contribution >= 4 is 11.7 Å². The number of carbonyl (C=O) groups is 1. The molecule has 2 atom stereocenters. The number of hydrogen-bond donors (Lipinski definition) is 2. The Balaban J connectivity index is 2.00. The summed E-state index contributed by atoms with van der Waals surface area (Å²) in [6.07, 6.45) is -0.471. The smallest absolute Gasteiger partial charge is 0.248 e. The van der Waals surface area contributed by atoms with E-state index in [1.54, 1.807) is 6.92 Å². The van der Waals surface area contributed by atoms with E-state index in [2.05, 4.69) is 4.99 Å². The fraction of sp³-hybridized carbons (Fsp3) is 0.222. The van der Waals surface area contributed by atoms with Crippen molar-refractivity contribution in [2.75, 3.05) is 6.61 Å². The van der Waals surface area contributed by atoms with Gasteiger partial charge in [-0.1, -0.05) is 30.3 Å². The Hall–Kier alpha value is -2.73. The predicted octanol–water partition coefficient (Wildman–Crippen LogP) is 2.27. The first-order valence-electron chi connectivity index (χ1n) is 7.52. The Bertz CT molecular complexity index is 807. The fourth-order valence-electron chi connectivity index (χ4n) is 2.83. The highest BCUT2D eigenvalue weighted by atomic mass is 19.1. The van der Waals surface area contributed by atoms with Gasteiger partial charge in [0.1, 0.15) is 23.3 Å². The molecule has 0 fully saturated rings. The summed E-state index contributed by atoms with van der Waals surface area (Å²) in [5.74, 6) is -0.852. The molecule has 4 N–H and O–H groups in total. The van der Waals surface area contributed by atoms with Crippen LogP contribution in [0.5, 0.6) is 0 Å². The van der Waals surface area contributed by atoms with Crippen LogP contribution in [-0.2, 0) is 10.3 Å². The number of ether oxygens (including phenoxy) is 1. The van der Waals surface area contributed by atoms with Gasteiger partial charge in [0.05, 0.1) is 6.61 Å². The number of nitrogens with zero attached hydrogens (tertiary/aromatic N) is 1. The lowest BCUT2D eigenvalue weighted by atomic mass is 9.90. The van der Waals surface area contributed by atoms with Gasteiger partial charge in [0.2, 0.25) is 5.91 Å². The van der Waals surface area contributed by atoms with E-state index in [4.69, 9.17) is 16.2 Å². The first-order chi connectivity index (χ1) is 11.4. The monoisotopic (exact) mass is 327 g/mol. The molecule has 0 spiro atoms. The zero-order valence-electron chi connectivity index (χ0n) is 13.2. The zero-order chi connectivity index (χ0) is 17.3. The summed E-state index contributed by atoms with van der Waals surface area (Å²) in [6.45, 7) is 1.84. The Kier molecular flexibility index (Phi) is 4.07. The molecule has 0 saturated carbocycles. The van der Waals surface area contributed by atoms with E-state index in [0.29, 0.717) is 0 Å². The summed E-state index contributed by atoms with van der Waals surface area (Å²) in [4.78, 5) is 15.8. The number of amides is 1. The Morgan fingerprint density at radius 1 is 1.29 bits per heavy atom. The van der Waals surface area contributed by atoms with Gasteiger partial charge in [-0.15, -0.1) is 0 Å². The number of amidine groups is 1. The number of benzene rings is 2. The Morgan fingerprint density at radius 2 is 2.00 bits per heavy atom. The van der Waals surface area contributed by atoms with Crippen molar-refractivity contribution < 1.29 is 13.9 Å². The van der Waals surface area contributed by atoms with Crippen molar-refractivity contribution in [2.24, 2.45) is 16.5 Å². The fourth-order valence-corrected chi connectivity index (χ4v) is 2.83. The molecule has 0 unspecified atom stereocenters. The third-order valence-corrected chi connectivity index (χ3v) is 4.11. The van der Waals surface area contributed by atoms with Gasteiger partial charge in [0, 0.05) is 11.1 Å². The highest BCUT2D eigenvalue weighted by Gasteiger charge is 2.37. The van der Waals surface area contributed by atoms with Crippen LogP contribution in [-0.4, -0.2) is 18.3 Å². The van der Waals surface area contributed by atoms with Crippen LogP contribution >= 0.6 is 0 Å². The molecular formula is C18H18FN3O2. The molecule has 1 heterocycles. The number of carbonyl (C=O) groups excluding carboxylic acids is 1. The quantitative estimate of drug-likeness (QED) is 0.906. The summed E-state index contributed by atoms with van der Waals surface area (Å²) >= 11 is 0. The van der Waals surface area contributed by atoms with E-state index in [1.807, 2.05) is 30.3 Å². The van der Waals surface area contributed by atoms with Crippen molar-refractivity contribution in [1.82, 2.24) is 0 Å². The molecule has 0 bridgehead atoms. The van der Waals surface area contributed by atoms with Crippen LogP contribution in [0.25, 0.3) is 0 Å². The lowest BCUT2D eigenvalue weighted by Crippen LogP contribution is -2.40. The molecule has 1 amide bonds. The van der Waals surface area contributed by atoms with Gasteiger partial charge in [-0.3, -0.25) is 9.79 Å². The minimum Gasteiger partial charge on any atom is -0.385 e. The molecule has 1 aliphatic heterocycles. The van der Waals surface area contributed by atoms with Crippen LogP contribution in [0.1, 0.15) is 34.5 Å². The number of rotatable bonds is 3. The van der Waals surface area contributed by atoms with Crippen LogP contribution < -0.4 is 11.5 Å². The van der Waals surface area contributed by atoms with Crippen molar-refractivity contribution in [3.63, 3.8) is 0 Å². The Morgan fingerprint density at radius 3 is 2.62 bits per heavy atom. The van der Waals surface area contributed by atoms with E-state index in [0.717, 1.165) is 5.56 Å². The number of halogens is 1. The average molecular weight is 327 g/mol. The second kappa shape index (κ2) is 6.05. The van der Waals surface area contributed by atoms with E-state index >= 15 is 0 Å². The third kappa shape index (κ3) is 2.88. The van der Waals surface area contributed by atoms with Gasteiger partial charge < -0.3 is 16.2 Å². The minimum atomic E-state index is -1.02. The normalized spacial score (nSPS) is 23.6. The SMILES string of the molecule is C[C@@]1(c2cc(C(N)=O)ccc2F)CO[C@H](c2ccccc2)C(N)=N1. The van der Waals surface area contributed by atoms with Crippen LogP contribution in [0.3, 0.4) is 0 Å². The summed E-state index contributed by atoms with van der Waals surface area (Å²) in [7, 11) is 0.